The highest BCUT2D eigenvalue weighted by atomic mass is 16.5. The first kappa shape index (κ1) is 17.1. The van der Waals surface area contributed by atoms with Crippen LogP contribution < -0.4 is 15.4 Å². The fraction of sp³-hybridized carbons (Fsp3) is 0.667. The van der Waals surface area contributed by atoms with Gasteiger partial charge >= 0.3 is 0 Å². The second-order valence-electron chi connectivity index (χ2n) is 6.02. The highest BCUT2D eigenvalue weighted by Gasteiger charge is 2.15. The Kier molecular flexibility index (Phi) is 7.00. The van der Waals surface area contributed by atoms with E-state index < -0.39 is 0 Å². The molecule has 22 heavy (non-hydrogen) atoms. The SMILES string of the molecule is CCN(CC)CCCNCCc1ccc2c(c1)NCC(C)O2. The summed E-state index contributed by atoms with van der Waals surface area (Å²) in [6, 6.07) is 6.49. The molecule has 1 unspecified atom stereocenters. The second kappa shape index (κ2) is 9.01. The Morgan fingerprint density at radius 3 is 2.86 bits per heavy atom. The molecule has 0 aromatic heterocycles. The van der Waals surface area contributed by atoms with Crippen LogP contribution in [-0.2, 0) is 6.42 Å². The number of fused-ring (bicyclic) bond motifs is 1. The molecule has 0 amide bonds. The van der Waals surface area contributed by atoms with Crippen LogP contribution in [0.5, 0.6) is 5.75 Å². The van der Waals surface area contributed by atoms with E-state index >= 15 is 0 Å². The number of rotatable bonds is 9. The standard InChI is InChI=1S/C18H31N3O/c1-4-21(5-2)12-6-10-19-11-9-16-7-8-18-17(13-16)20-14-15(3)22-18/h7-8,13,15,19-20H,4-6,9-12,14H2,1-3H3. The van der Waals surface area contributed by atoms with Crippen LogP contribution in [0.2, 0.25) is 0 Å². The second-order valence-corrected chi connectivity index (χ2v) is 6.02. The van der Waals surface area contributed by atoms with E-state index in [1.54, 1.807) is 0 Å². The van der Waals surface area contributed by atoms with Crippen molar-refractivity contribution in [2.45, 2.75) is 39.7 Å². The monoisotopic (exact) mass is 305 g/mol. The third-order valence-electron chi connectivity index (χ3n) is 4.26. The minimum atomic E-state index is 0.255. The normalized spacial score (nSPS) is 17.0. The summed E-state index contributed by atoms with van der Waals surface area (Å²) in [5.41, 5.74) is 2.50. The largest absolute Gasteiger partial charge is 0.487 e. The van der Waals surface area contributed by atoms with Crippen LogP contribution in [-0.4, -0.2) is 50.3 Å². The van der Waals surface area contributed by atoms with E-state index in [9.17, 15) is 0 Å². The van der Waals surface area contributed by atoms with Crippen molar-refractivity contribution in [2.24, 2.45) is 0 Å². The van der Waals surface area contributed by atoms with Crippen molar-refractivity contribution in [2.75, 3.05) is 44.6 Å². The first-order valence-electron chi connectivity index (χ1n) is 8.69. The number of nitrogens with one attached hydrogen (secondary N) is 2. The summed E-state index contributed by atoms with van der Waals surface area (Å²) in [5.74, 6) is 0.981. The molecule has 124 valence electrons. The lowest BCUT2D eigenvalue weighted by molar-refractivity contribution is 0.226. The first-order chi connectivity index (χ1) is 10.7. The quantitative estimate of drug-likeness (QED) is 0.688. The predicted octanol–water partition coefficient (Wildman–Crippen LogP) is 2.74. The Morgan fingerprint density at radius 1 is 1.27 bits per heavy atom. The van der Waals surface area contributed by atoms with Crippen LogP contribution in [0.1, 0.15) is 32.8 Å². The summed E-state index contributed by atoms with van der Waals surface area (Å²) in [6.07, 6.45) is 2.54. The van der Waals surface area contributed by atoms with Crippen LogP contribution in [0.15, 0.2) is 18.2 Å². The van der Waals surface area contributed by atoms with Crippen molar-refractivity contribution >= 4 is 5.69 Å². The van der Waals surface area contributed by atoms with Gasteiger partial charge in [0.1, 0.15) is 11.9 Å². The third-order valence-corrected chi connectivity index (χ3v) is 4.26. The lowest BCUT2D eigenvalue weighted by atomic mass is 10.1. The van der Waals surface area contributed by atoms with Gasteiger partial charge in [-0.1, -0.05) is 19.9 Å². The van der Waals surface area contributed by atoms with E-state index in [0.717, 1.165) is 50.6 Å². The van der Waals surface area contributed by atoms with Gasteiger partial charge < -0.3 is 20.3 Å². The van der Waals surface area contributed by atoms with Crippen LogP contribution in [0, 0.1) is 0 Å². The van der Waals surface area contributed by atoms with Gasteiger partial charge in [-0.25, -0.2) is 0 Å². The molecule has 2 rings (SSSR count). The molecule has 0 spiro atoms. The van der Waals surface area contributed by atoms with Gasteiger partial charge in [0, 0.05) is 0 Å². The van der Waals surface area contributed by atoms with Crippen molar-refractivity contribution in [3.05, 3.63) is 23.8 Å². The molecule has 0 saturated heterocycles. The van der Waals surface area contributed by atoms with Gasteiger partial charge in [-0.2, -0.15) is 0 Å². The van der Waals surface area contributed by atoms with E-state index in [0.29, 0.717) is 0 Å². The lowest BCUT2D eigenvalue weighted by Gasteiger charge is -2.25. The molecule has 1 atom stereocenters. The number of hydrogen-bond donors (Lipinski definition) is 2. The minimum Gasteiger partial charge on any atom is -0.487 e. The fourth-order valence-electron chi connectivity index (χ4n) is 2.81. The van der Waals surface area contributed by atoms with E-state index in [1.165, 1.54) is 18.5 Å². The van der Waals surface area contributed by atoms with Crippen molar-refractivity contribution in [3.8, 4) is 5.75 Å². The molecular weight excluding hydrogens is 274 g/mol. The molecule has 2 N–H and O–H groups in total. The smallest absolute Gasteiger partial charge is 0.142 e. The maximum Gasteiger partial charge on any atom is 0.142 e. The molecular formula is C18H31N3O. The summed E-state index contributed by atoms with van der Waals surface area (Å²) in [6.45, 7) is 13.1. The zero-order valence-electron chi connectivity index (χ0n) is 14.3. The third kappa shape index (κ3) is 5.18. The predicted molar refractivity (Wildman–Crippen MR) is 94.0 cm³/mol. The van der Waals surface area contributed by atoms with E-state index in [-0.39, 0.29) is 6.10 Å². The molecule has 0 radical (unpaired) electrons. The Bertz CT molecular complexity index is 446. The average Bonchev–Trinajstić information content (AvgIpc) is 2.54. The van der Waals surface area contributed by atoms with Gasteiger partial charge in [0.2, 0.25) is 0 Å². The Morgan fingerprint density at radius 2 is 2.09 bits per heavy atom. The molecule has 1 aromatic carbocycles. The molecule has 1 aliphatic rings. The van der Waals surface area contributed by atoms with Gasteiger partial charge in [-0.3, -0.25) is 0 Å². The van der Waals surface area contributed by atoms with Crippen LogP contribution in [0.25, 0.3) is 0 Å². The molecule has 0 aliphatic carbocycles. The molecule has 0 fully saturated rings. The van der Waals surface area contributed by atoms with Crippen LogP contribution in [0.4, 0.5) is 5.69 Å². The van der Waals surface area contributed by atoms with E-state index in [1.807, 2.05) is 0 Å². The van der Waals surface area contributed by atoms with Gasteiger partial charge in [0.15, 0.2) is 0 Å². The zero-order valence-corrected chi connectivity index (χ0v) is 14.3. The average molecular weight is 305 g/mol. The maximum atomic E-state index is 5.81. The summed E-state index contributed by atoms with van der Waals surface area (Å²) in [5, 5.41) is 6.98. The number of nitrogens with zero attached hydrogens (tertiary/aromatic N) is 1. The van der Waals surface area contributed by atoms with Crippen molar-refractivity contribution in [3.63, 3.8) is 0 Å². The molecule has 1 heterocycles. The van der Waals surface area contributed by atoms with Crippen LogP contribution >= 0.6 is 0 Å². The molecule has 0 saturated carbocycles. The summed E-state index contributed by atoms with van der Waals surface area (Å²) in [4.78, 5) is 2.47. The number of benzene rings is 1. The highest BCUT2D eigenvalue weighted by molar-refractivity contribution is 5.59. The van der Waals surface area contributed by atoms with Gasteiger partial charge in [0.25, 0.3) is 0 Å². The van der Waals surface area contributed by atoms with Crippen molar-refractivity contribution in [1.82, 2.24) is 10.2 Å². The number of anilines is 1. The molecule has 0 bridgehead atoms. The highest BCUT2D eigenvalue weighted by Crippen LogP contribution is 2.29. The van der Waals surface area contributed by atoms with E-state index in [4.69, 9.17) is 4.74 Å². The summed E-state index contributed by atoms with van der Waals surface area (Å²) < 4.78 is 5.81. The van der Waals surface area contributed by atoms with E-state index in [2.05, 4.69) is 54.5 Å². The Hall–Kier alpha value is -1.26. The summed E-state index contributed by atoms with van der Waals surface area (Å²) >= 11 is 0. The minimum absolute atomic E-state index is 0.255. The van der Waals surface area contributed by atoms with Gasteiger partial charge in [-0.15, -0.1) is 0 Å². The number of ether oxygens (including phenoxy) is 1. The van der Waals surface area contributed by atoms with Crippen molar-refractivity contribution < 1.29 is 4.74 Å². The first-order valence-corrected chi connectivity index (χ1v) is 8.69. The molecule has 4 nitrogen and oxygen atoms in total. The van der Waals surface area contributed by atoms with Gasteiger partial charge in [0.05, 0.1) is 12.2 Å². The lowest BCUT2D eigenvalue weighted by Crippen LogP contribution is -2.28. The molecule has 1 aromatic rings. The summed E-state index contributed by atoms with van der Waals surface area (Å²) in [7, 11) is 0. The fourth-order valence-corrected chi connectivity index (χ4v) is 2.81. The molecule has 1 aliphatic heterocycles. The molecule has 4 heteroatoms. The van der Waals surface area contributed by atoms with Crippen molar-refractivity contribution in [1.29, 1.82) is 0 Å². The van der Waals surface area contributed by atoms with Gasteiger partial charge in [-0.05, 0) is 70.2 Å². The Labute approximate surface area is 135 Å². The van der Waals surface area contributed by atoms with Crippen LogP contribution in [0.3, 0.4) is 0 Å². The topological polar surface area (TPSA) is 36.5 Å². The number of hydrogen-bond acceptors (Lipinski definition) is 4. The Balaban J connectivity index is 1.65. The maximum absolute atomic E-state index is 5.81. The zero-order chi connectivity index (χ0) is 15.8.